The molecule has 0 unspecified atom stereocenters. The molecule has 8 nitrogen and oxygen atoms in total. The minimum absolute atomic E-state index is 0.296. The van der Waals surface area contributed by atoms with E-state index < -0.39 is 17.7 Å². The van der Waals surface area contributed by atoms with Gasteiger partial charge in [0.15, 0.2) is 0 Å². The first-order valence-corrected chi connectivity index (χ1v) is 7.97. The van der Waals surface area contributed by atoms with Gasteiger partial charge in [-0.25, -0.2) is 4.79 Å². The van der Waals surface area contributed by atoms with Crippen molar-refractivity contribution in [2.75, 3.05) is 7.05 Å². The number of benzene rings is 1. The third-order valence-electron chi connectivity index (χ3n) is 3.31. The number of rotatable bonds is 5. The number of likely N-dealkylation sites (N-methyl/N-ethyl adjacent to an activating group) is 1. The van der Waals surface area contributed by atoms with Crippen LogP contribution in [0.2, 0.25) is 0 Å². The second-order valence-electron chi connectivity index (χ2n) is 6.51. The molecule has 2 aromatic rings. The van der Waals surface area contributed by atoms with E-state index in [1.165, 1.54) is 7.05 Å². The molecule has 3 N–H and O–H groups in total. The number of hydrogen-bond donors (Lipinski definition) is 3. The Labute approximate surface area is 146 Å². The summed E-state index contributed by atoms with van der Waals surface area (Å²) in [5.74, 6) is -0.296. The Morgan fingerprint density at radius 1 is 1.36 bits per heavy atom. The minimum atomic E-state index is -0.729. The van der Waals surface area contributed by atoms with Crippen LogP contribution in [0.25, 0.3) is 17.1 Å². The molecule has 8 heteroatoms. The first-order valence-electron chi connectivity index (χ1n) is 7.97. The fourth-order valence-electron chi connectivity index (χ4n) is 2.21. The van der Waals surface area contributed by atoms with Crippen molar-refractivity contribution in [3.8, 4) is 0 Å². The van der Waals surface area contributed by atoms with Gasteiger partial charge < -0.3 is 15.4 Å². The van der Waals surface area contributed by atoms with Crippen molar-refractivity contribution in [3.63, 3.8) is 0 Å². The number of aromatic amines is 1. The van der Waals surface area contributed by atoms with Crippen LogP contribution >= 0.6 is 0 Å². The molecule has 0 aliphatic rings. The molecule has 0 fully saturated rings. The zero-order valence-corrected chi connectivity index (χ0v) is 14.8. The summed E-state index contributed by atoms with van der Waals surface area (Å²) in [6.45, 7) is 5.29. The molecule has 25 heavy (non-hydrogen) atoms. The molecule has 2 rings (SSSR count). The standard InChI is InChI=1S/C17H23N5O3/c1-17(2,3)25-16(24)19-13(15(23)18-4)10-6-8-11-7-5-9-12-14(11)21-22-20-12/h5-9,13H,10H2,1-4H3,(H,18,23)(H,19,24)(H,20,21,22)/b8-6+/t13-/m0/s1. The van der Waals surface area contributed by atoms with Crippen molar-refractivity contribution in [1.29, 1.82) is 0 Å². The van der Waals surface area contributed by atoms with Gasteiger partial charge in [0.2, 0.25) is 5.91 Å². The van der Waals surface area contributed by atoms with E-state index in [1.807, 2.05) is 24.3 Å². The van der Waals surface area contributed by atoms with Gasteiger partial charge in [-0.2, -0.15) is 0 Å². The van der Waals surface area contributed by atoms with Crippen LogP contribution < -0.4 is 10.6 Å². The van der Waals surface area contributed by atoms with E-state index >= 15 is 0 Å². The topological polar surface area (TPSA) is 109 Å². The lowest BCUT2D eigenvalue weighted by Gasteiger charge is -2.22. The fourth-order valence-corrected chi connectivity index (χ4v) is 2.21. The molecule has 0 radical (unpaired) electrons. The van der Waals surface area contributed by atoms with Crippen molar-refractivity contribution in [2.45, 2.75) is 38.8 Å². The number of aromatic nitrogens is 3. The van der Waals surface area contributed by atoms with Gasteiger partial charge in [-0.1, -0.05) is 29.5 Å². The zero-order chi connectivity index (χ0) is 18.4. The lowest BCUT2D eigenvalue weighted by molar-refractivity contribution is -0.122. The van der Waals surface area contributed by atoms with E-state index in [0.717, 1.165) is 16.6 Å². The smallest absolute Gasteiger partial charge is 0.408 e. The molecule has 0 aliphatic carbocycles. The van der Waals surface area contributed by atoms with Gasteiger partial charge in [-0.05, 0) is 33.3 Å². The summed E-state index contributed by atoms with van der Waals surface area (Å²) in [7, 11) is 1.52. The summed E-state index contributed by atoms with van der Waals surface area (Å²) >= 11 is 0. The van der Waals surface area contributed by atoms with Crippen molar-refractivity contribution in [1.82, 2.24) is 26.0 Å². The highest BCUT2D eigenvalue weighted by atomic mass is 16.6. The monoisotopic (exact) mass is 345 g/mol. The quantitative estimate of drug-likeness (QED) is 0.768. The number of H-pyrrole nitrogens is 1. The average Bonchev–Trinajstić information content (AvgIpc) is 3.00. The first-order chi connectivity index (χ1) is 11.8. The molecule has 134 valence electrons. The molecule has 0 spiro atoms. The Hall–Kier alpha value is -2.90. The molecule has 2 amide bonds. The number of ether oxygens (including phenoxy) is 1. The first kappa shape index (κ1) is 18.4. The number of fused-ring (bicyclic) bond motifs is 1. The van der Waals surface area contributed by atoms with E-state index in [0.29, 0.717) is 6.42 Å². The highest BCUT2D eigenvalue weighted by molar-refractivity contribution is 5.86. The van der Waals surface area contributed by atoms with E-state index in [4.69, 9.17) is 4.74 Å². The molecular formula is C17H23N5O3. The number of carbonyl (C=O) groups is 2. The Balaban J connectivity index is 2.06. The summed E-state index contributed by atoms with van der Waals surface area (Å²) in [4.78, 5) is 23.9. The fraction of sp³-hybridized carbons (Fsp3) is 0.412. The molecule has 1 aromatic carbocycles. The summed E-state index contributed by atoms with van der Waals surface area (Å²) in [6, 6.07) is 4.94. The predicted molar refractivity (Wildman–Crippen MR) is 94.8 cm³/mol. The number of hydrogen-bond acceptors (Lipinski definition) is 5. The predicted octanol–water partition coefficient (Wildman–Crippen LogP) is 2.00. The summed E-state index contributed by atoms with van der Waals surface area (Å²) in [5, 5.41) is 15.7. The van der Waals surface area contributed by atoms with Gasteiger partial charge >= 0.3 is 6.09 Å². The molecular weight excluding hydrogens is 322 g/mol. The Kier molecular flexibility index (Phi) is 5.74. The molecule has 1 atom stereocenters. The van der Waals surface area contributed by atoms with Crippen LogP contribution in [0.3, 0.4) is 0 Å². The molecule has 1 aromatic heterocycles. The van der Waals surface area contributed by atoms with Crippen molar-refractivity contribution in [3.05, 3.63) is 29.8 Å². The number of amides is 2. The van der Waals surface area contributed by atoms with Gasteiger partial charge in [0, 0.05) is 12.6 Å². The number of carbonyl (C=O) groups excluding carboxylic acids is 2. The lowest BCUT2D eigenvalue weighted by atomic mass is 10.1. The average molecular weight is 345 g/mol. The van der Waals surface area contributed by atoms with Gasteiger partial charge in [-0.15, -0.1) is 5.10 Å². The van der Waals surface area contributed by atoms with Crippen LogP contribution in [0.15, 0.2) is 24.3 Å². The van der Waals surface area contributed by atoms with Crippen LogP contribution in [0.5, 0.6) is 0 Å². The van der Waals surface area contributed by atoms with Gasteiger partial charge in [0.1, 0.15) is 17.2 Å². The maximum atomic E-state index is 12.0. The van der Waals surface area contributed by atoms with Gasteiger partial charge in [0.25, 0.3) is 0 Å². The van der Waals surface area contributed by atoms with Gasteiger partial charge in [-0.3, -0.25) is 9.89 Å². The molecule has 0 saturated heterocycles. The molecule has 0 aliphatic heterocycles. The Bertz CT molecular complexity index is 776. The minimum Gasteiger partial charge on any atom is -0.444 e. The largest absolute Gasteiger partial charge is 0.444 e. The molecule has 1 heterocycles. The van der Waals surface area contributed by atoms with E-state index in [9.17, 15) is 9.59 Å². The number of alkyl carbamates (subject to hydrolysis) is 1. The Morgan fingerprint density at radius 2 is 2.12 bits per heavy atom. The maximum absolute atomic E-state index is 12.0. The molecule has 0 bridgehead atoms. The van der Waals surface area contributed by atoms with Crippen LogP contribution in [-0.2, 0) is 9.53 Å². The third kappa shape index (κ3) is 5.30. The molecule has 0 saturated carbocycles. The third-order valence-corrected chi connectivity index (χ3v) is 3.31. The zero-order valence-electron chi connectivity index (χ0n) is 14.8. The van der Waals surface area contributed by atoms with Crippen molar-refractivity contribution in [2.24, 2.45) is 0 Å². The SMILES string of the molecule is CNC(=O)[C@H](C/C=C/c1cccc2[nH]nnc12)NC(=O)OC(C)(C)C. The lowest BCUT2D eigenvalue weighted by Crippen LogP contribution is -2.47. The van der Waals surface area contributed by atoms with Crippen LogP contribution in [0.1, 0.15) is 32.8 Å². The highest BCUT2D eigenvalue weighted by Gasteiger charge is 2.22. The van der Waals surface area contributed by atoms with E-state index in [-0.39, 0.29) is 5.91 Å². The van der Waals surface area contributed by atoms with Crippen LogP contribution in [0.4, 0.5) is 4.79 Å². The maximum Gasteiger partial charge on any atom is 0.408 e. The normalized spacial score (nSPS) is 13.0. The second kappa shape index (κ2) is 7.78. The summed E-state index contributed by atoms with van der Waals surface area (Å²) in [5.41, 5.74) is 1.82. The summed E-state index contributed by atoms with van der Waals surface area (Å²) < 4.78 is 5.20. The second-order valence-corrected chi connectivity index (χ2v) is 6.51. The van der Waals surface area contributed by atoms with Crippen LogP contribution in [0, 0.1) is 0 Å². The van der Waals surface area contributed by atoms with Crippen molar-refractivity contribution < 1.29 is 14.3 Å². The van der Waals surface area contributed by atoms with E-state index in [1.54, 1.807) is 26.8 Å². The number of nitrogens with zero attached hydrogens (tertiary/aromatic N) is 2. The number of nitrogens with one attached hydrogen (secondary N) is 3. The Morgan fingerprint density at radius 3 is 2.80 bits per heavy atom. The van der Waals surface area contributed by atoms with Gasteiger partial charge in [0.05, 0.1) is 5.52 Å². The van der Waals surface area contributed by atoms with Crippen LogP contribution in [-0.4, -0.2) is 46.1 Å². The van der Waals surface area contributed by atoms with E-state index in [2.05, 4.69) is 26.0 Å². The summed E-state index contributed by atoms with van der Waals surface area (Å²) in [6.07, 6.45) is 3.33. The highest BCUT2D eigenvalue weighted by Crippen LogP contribution is 2.15. The van der Waals surface area contributed by atoms with Crippen molar-refractivity contribution >= 4 is 29.1 Å².